The van der Waals surface area contributed by atoms with Crippen LogP contribution < -0.4 is 15.4 Å². The quantitative estimate of drug-likeness (QED) is 0.687. The molecule has 0 atom stereocenters. The molecule has 0 radical (unpaired) electrons. The van der Waals surface area contributed by atoms with E-state index < -0.39 is 0 Å². The molecule has 1 aromatic carbocycles. The standard InChI is InChI=1S/C19H21N5O/c1-3-21-19-23-17(15-7-5-9-20-13-15)11-18(24-19)22-12-14-6-4-8-16(10-14)25-2/h4-11,13H,3,12H2,1-2H3,(H2,21,22,23,24). The van der Waals surface area contributed by atoms with Gasteiger partial charge in [-0.15, -0.1) is 0 Å². The first-order chi connectivity index (χ1) is 12.3. The van der Waals surface area contributed by atoms with Crippen molar-refractivity contribution in [2.45, 2.75) is 13.5 Å². The van der Waals surface area contributed by atoms with E-state index in [0.717, 1.165) is 34.9 Å². The molecule has 6 heteroatoms. The normalized spacial score (nSPS) is 10.3. The first-order valence-corrected chi connectivity index (χ1v) is 8.18. The van der Waals surface area contributed by atoms with Crippen molar-refractivity contribution in [3.05, 3.63) is 60.4 Å². The van der Waals surface area contributed by atoms with E-state index in [9.17, 15) is 0 Å². The number of hydrogen-bond acceptors (Lipinski definition) is 6. The summed E-state index contributed by atoms with van der Waals surface area (Å²) in [5, 5.41) is 6.53. The number of aromatic nitrogens is 3. The van der Waals surface area contributed by atoms with Crippen LogP contribution in [0.4, 0.5) is 11.8 Å². The molecule has 3 rings (SSSR count). The average molecular weight is 335 g/mol. The third-order valence-corrected chi connectivity index (χ3v) is 3.63. The van der Waals surface area contributed by atoms with Gasteiger partial charge < -0.3 is 15.4 Å². The molecule has 0 unspecified atom stereocenters. The van der Waals surface area contributed by atoms with Crippen molar-refractivity contribution in [1.82, 2.24) is 15.0 Å². The number of methoxy groups -OCH3 is 1. The lowest BCUT2D eigenvalue weighted by Gasteiger charge is -2.11. The third kappa shape index (κ3) is 4.44. The molecule has 0 aliphatic rings. The maximum absolute atomic E-state index is 5.26. The van der Waals surface area contributed by atoms with Gasteiger partial charge in [-0.2, -0.15) is 4.98 Å². The SMILES string of the molecule is CCNc1nc(NCc2cccc(OC)c2)cc(-c2cccnc2)n1. The highest BCUT2D eigenvalue weighted by Gasteiger charge is 2.07. The van der Waals surface area contributed by atoms with Crippen LogP contribution >= 0.6 is 0 Å². The topological polar surface area (TPSA) is 72.0 Å². The zero-order chi connectivity index (χ0) is 17.5. The first kappa shape index (κ1) is 16.7. The van der Waals surface area contributed by atoms with Gasteiger partial charge in [0, 0.05) is 37.1 Å². The summed E-state index contributed by atoms with van der Waals surface area (Å²) in [5.74, 6) is 2.19. The number of pyridine rings is 1. The van der Waals surface area contributed by atoms with Crippen LogP contribution in [0.25, 0.3) is 11.3 Å². The van der Waals surface area contributed by atoms with Gasteiger partial charge in [0.05, 0.1) is 12.8 Å². The molecule has 0 saturated heterocycles. The molecule has 0 amide bonds. The largest absolute Gasteiger partial charge is 0.497 e. The van der Waals surface area contributed by atoms with Gasteiger partial charge in [-0.3, -0.25) is 4.98 Å². The molecular formula is C19H21N5O. The Morgan fingerprint density at radius 3 is 2.72 bits per heavy atom. The van der Waals surface area contributed by atoms with E-state index in [-0.39, 0.29) is 0 Å². The lowest BCUT2D eigenvalue weighted by Crippen LogP contribution is -2.07. The van der Waals surface area contributed by atoms with Crippen LogP contribution in [-0.2, 0) is 6.54 Å². The zero-order valence-corrected chi connectivity index (χ0v) is 14.4. The predicted octanol–water partition coefficient (Wildman–Crippen LogP) is 3.59. The van der Waals surface area contributed by atoms with Gasteiger partial charge in [0.15, 0.2) is 0 Å². The number of rotatable bonds is 7. The first-order valence-electron chi connectivity index (χ1n) is 8.18. The second-order valence-electron chi connectivity index (χ2n) is 5.44. The van der Waals surface area contributed by atoms with E-state index in [2.05, 4.69) is 25.6 Å². The van der Waals surface area contributed by atoms with Crippen LogP contribution in [0.15, 0.2) is 54.9 Å². The lowest BCUT2D eigenvalue weighted by atomic mass is 10.2. The summed E-state index contributed by atoms with van der Waals surface area (Å²) in [4.78, 5) is 13.2. The molecule has 2 aromatic heterocycles. The number of anilines is 2. The van der Waals surface area contributed by atoms with Gasteiger partial charge in [0.2, 0.25) is 5.95 Å². The maximum atomic E-state index is 5.26. The zero-order valence-electron chi connectivity index (χ0n) is 14.4. The minimum Gasteiger partial charge on any atom is -0.497 e. The molecule has 2 N–H and O–H groups in total. The molecule has 6 nitrogen and oxygen atoms in total. The molecule has 0 fully saturated rings. The van der Waals surface area contributed by atoms with E-state index in [0.29, 0.717) is 12.5 Å². The fraction of sp³-hybridized carbons (Fsp3) is 0.211. The smallest absolute Gasteiger partial charge is 0.225 e. The Hall–Kier alpha value is -3.15. The van der Waals surface area contributed by atoms with Crippen molar-refractivity contribution in [3.8, 4) is 17.0 Å². The summed E-state index contributed by atoms with van der Waals surface area (Å²) in [6.07, 6.45) is 3.54. The van der Waals surface area contributed by atoms with E-state index in [1.165, 1.54) is 0 Å². The Labute approximate surface area is 147 Å². The minimum absolute atomic E-state index is 0.594. The van der Waals surface area contributed by atoms with Crippen LogP contribution in [0.5, 0.6) is 5.75 Å². The van der Waals surface area contributed by atoms with E-state index in [1.807, 2.05) is 49.4 Å². The van der Waals surface area contributed by atoms with Gasteiger partial charge in [-0.05, 0) is 36.8 Å². The van der Waals surface area contributed by atoms with Crippen molar-refractivity contribution in [1.29, 1.82) is 0 Å². The van der Waals surface area contributed by atoms with Crippen molar-refractivity contribution in [2.24, 2.45) is 0 Å². The highest BCUT2D eigenvalue weighted by Crippen LogP contribution is 2.21. The predicted molar refractivity (Wildman–Crippen MR) is 99.7 cm³/mol. The molecule has 0 saturated carbocycles. The second-order valence-corrected chi connectivity index (χ2v) is 5.44. The Kier molecular flexibility index (Phi) is 5.41. The van der Waals surface area contributed by atoms with Crippen molar-refractivity contribution in [2.75, 3.05) is 24.3 Å². The summed E-state index contributed by atoms with van der Waals surface area (Å²) in [6.45, 7) is 3.42. The summed E-state index contributed by atoms with van der Waals surface area (Å²) in [6, 6.07) is 13.8. The van der Waals surface area contributed by atoms with Crippen LogP contribution in [0, 0.1) is 0 Å². The molecule has 0 spiro atoms. The summed E-state index contributed by atoms with van der Waals surface area (Å²) in [7, 11) is 1.67. The van der Waals surface area contributed by atoms with Crippen LogP contribution in [0.1, 0.15) is 12.5 Å². The van der Waals surface area contributed by atoms with Crippen molar-refractivity contribution >= 4 is 11.8 Å². The molecule has 25 heavy (non-hydrogen) atoms. The van der Waals surface area contributed by atoms with E-state index in [4.69, 9.17) is 4.74 Å². The van der Waals surface area contributed by atoms with Crippen LogP contribution in [-0.4, -0.2) is 28.6 Å². The molecular weight excluding hydrogens is 314 g/mol. The van der Waals surface area contributed by atoms with Gasteiger partial charge in [0.1, 0.15) is 11.6 Å². The number of nitrogens with one attached hydrogen (secondary N) is 2. The van der Waals surface area contributed by atoms with Gasteiger partial charge in [-0.25, -0.2) is 4.98 Å². The molecule has 0 bridgehead atoms. The Morgan fingerprint density at radius 1 is 1.04 bits per heavy atom. The maximum Gasteiger partial charge on any atom is 0.225 e. The van der Waals surface area contributed by atoms with Gasteiger partial charge in [-0.1, -0.05) is 12.1 Å². The number of benzene rings is 1. The summed E-state index contributed by atoms with van der Waals surface area (Å²) in [5.41, 5.74) is 2.89. The molecule has 0 aliphatic carbocycles. The third-order valence-electron chi connectivity index (χ3n) is 3.63. The monoisotopic (exact) mass is 335 g/mol. The highest BCUT2D eigenvalue weighted by molar-refractivity contribution is 5.63. The van der Waals surface area contributed by atoms with Gasteiger partial charge in [0.25, 0.3) is 0 Å². The molecule has 3 aromatic rings. The summed E-state index contributed by atoms with van der Waals surface area (Å²) >= 11 is 0. The molecule has 128 valence electrons. The highest BCUT2D eigenvalue weighted by atomic mass is 16.5. The fourth-order valence-corrected chi connectivity index (χ4v) is 2.41. The summed E-state index contributed by atoms with van der Waals surface area (Å²) < 4.78 is 5.26. The Balaban J connectivity index is 1.83. The minimum atomic E-state index is 0.594. The van der Waals surface area contributed by atoms with Crippen molar-refractivity contribution < 1.29 is 4.74 Å². The van der Waals surface area contributed by atoms with E-state index >= 15 is 0 Å². The Bertz CT molecular complexity index is 823. The van der Waals surface area contributed by atoms with Crippen LogP contribution in [0.3, 0.4) is 0 Å². The number of ether oxygens (including phenoxy) is 1. The van der Waals surface area contributed by atoms with Crippen molar-refractivity contribution in [3.63, 3.8) is 0 Å². The van der Waals surface area contributed by atoms with Gasteiger partial charge >= 0.3 is 0 Å². The second kappa shape index (κ2) is 8.10. The van der Waals surface area contributed by atoms with Crippen LogP contribution in [0.2, 0.25) is 0 Å². The van der Waals surface area contributed by atoms with E-state index in [1.54, 1.807) is 19.5 Å². The molecule has 2 heterocycles. The number of hydrogen-bond donors (Lipinski definition) is 2. The lowest BCUT2D eigenvalue weighted by molar-refractivity contribution is 0.414. The average Bonchev–Trinajstić information content (AvgIpc) is 2.67. The molecule has 0 aliphatic heterocycles. The fourth-order valence-electron chi connectivity index (χ4n) is 2.41. The Morgan fingerprint density at radius 2 is 1.96 bits per heavy atom. The number of nitrogens with zero attached hydrogens (tertiary/aromatic N) is 3.